The first kappa shape index (κ1) is 15.3. The number of rotatable bonds is 6. The van der Waals surface area contributed by atoms with Gasteiger partial charge in [0.05, 0.1) is 12.3 Å². The molecule has 0 saturated carbocycles. The molecule has 4 nitrogen and oxygen atoms in total. The summed E-state index contributed by atoms with van der Waals surface area (Å²) in [6, 6.07) is 0. The van der Waals surface area contributed by atoms with E-state index in [0.717, 1.165) is 49.6 Å². The Kier molecular flexibility index (Phi) is 5.40. The van der Waals surface area contributed by atoms with Gasteiger partial charge in [0.1, 0.15) is 5.92 Å². The van der Waals surface area contributed by atoms with Crippen molar-refractivity contribution in [3.05, 3.63) is 10.6 Å². The van der Waals surface area contributed by atoms with Crippen LogP contribution in [0.3, 0.4) is 0 Å². The molecule has 0 aromatic carbocycles. The topological polar surface area (TPSA) is 42.4 Å². The van der Waals surface area contributed by atoms with Crippen molar-refractivity contribution in [2.24, 2.45) is 0 Å². The highest BCUT2D eigenvalue weighted by molar-refractivity contribution is 7.15. The number of esters is 1. The smallest absolute Gasteiger partial charge is 0.315 e. The lowest BCUT2D eigenvalue weighted by Crippen LogP contribution is -2.24. The van der Waals surface area contributed by atoms with Crippen LogP contribution >= 0.6 is 11.3 Å². The summed E-state index contributed by atoms with van der Waals surface area (Å²) in [6.45, 7) is 8.61. The van der Waals surface area contributed by atoms with Crippen molar-refractivity contribution in [1.82, 2.24) is 4.98 Å². The van der Waals surface area contributed by atoms with Crippen molar-refractivity contribution >= 4 is 22.4 Å². The van der Waals surface area contributed by atoms with Crippen LogP contribution < -0.4 is 4.90 Å². The minimum absolute atomic E-state index is 0.108. The number of anilines is 1. The Morgan fingerprint density at radius 2 is 2.25 bits per heavy atom. The number of ether oxygens (including phenoxy) is 1. The zero-order valence-electron chi connectivity index (χ0n) is 12.6. The van der Waals surface area contributed by atoms with E-state index in [1.165, 1.54) is 4.88 Å². The summed E-state index contributed by atoms with van der Waals surface area (Å²) < 4.78 is 5.19. The van der Waals surface area contributed by atoms with E-state index in [4.69, 9.17) is 9.72 Å². The maximum Gasteiger partial charge on any atom is 0.315 e. The average Bonchev–Trinajstić information content (AvgIpc) is 2.88. The molecule has 0 radical (unpaired) electrons. The van der Waals surface area contributed by atoms with Crippen LogP contribution in [0.5, 0.6) is 0 Å². The molecule has 2 rings (SSSR count). The Morgan fingerprint density at radius 3 is 2.90 bits per heavy atom. The number of fused-ring (bicyclic) bond motifs is 1. The molecule has 0 bridgehead atoms. The largest absolute Gasteiger partial charge is 0.465 e. The van der Waals surface area contributed by atoms with E-state index in [1.807, 2.05) is 6.92 Å². The summed E-state index contributed by atoms with van der Waals surface area (Å²) in [5.41, 5.74) is 0.976. The third-order valence-electron chi connectivity index (χ3n) is 3.66. The zero-order valence-corrected chi connectivity index (χ0v) is 13.5. The van der Waals surface area contributed by atoms with Gasteiger partial charge in [-0.15, -0.1) is 11.3 Å². The number of aromatic nitrogens is 1. The molecule has 0 N–H and O–H groups in total. The fourth-order valence-electron chi connectivity index (χ4n) is 2.67. The second-order valence-electron chi connectivity index (χ2n) is 5.08. The minimum Gasteiger partial charge on any atom is -0.465 e. The SMILES string of the molecule is CCCN(CC)c1nc2c(s1)CCCC2C(=O)OCC. The molecule has 20 heavy (non-hydrogen) atoms. The van der Waals surface area contributed by atoms with Gasteiger partial charge in [-0.2, -0.15) is 0 Å². The first-order valence-corrected chi connectivity index (χ1v) is 8.44. The summed E-state index contributed by atoms with van der Waals surface area (Å²) in [4.78, 5) is 20.4. The molecule has 0 aliphatic heterocycles. The maximum absolute atomic E-state index is 12.1. The first-order chi connectivity index (χ1) is 9.71. The quantitative estimate of drug-likeness (QED) is 0.755. The van der Waals surface area contributed by atoms with Crippen molar-refractivity contribution in [3.8, 4) is 0 Å². The van der Waals surface area contributed by atoms with E-state index in [0.29, 0.717) is 6.61 Å². The zero-order chi connectivity index (χ0) is 14.5. The average molecular weight is 296 g/mol. The van der Waals surface area contributed by atoms with Crippen LogP contribution in [-0.4, -0.2) is 30.6 Å². The molecule has 1 unspecified atom stereocenters. The normalized spacial score (nSPS) is 17.6. The number of carbonyl (C=O) groups excluding carboxylic acids is 1. The second-order valence-corrected chi connectivity index (χ2v) is 6.14. The summed E-state index contributed by atoms with van der Waals surface area (Å²) in [5.74, 6) is -0.257. The predicted octanol–water partition coefficient (Wildman–Crippen LogP) is 3.36. The van der Waals surface area contributed by atoms with Gasteiger partial charge in [-0.1, -0.05) is 6.92 Å². The molecule has 0 spiro atoms. The number of nitrogens with zero attached hydrogens (tertiary/aromatic N) is 2. The molecule has 1 aromatic heterocycles. The van der Waals surface area contributed by atoms with Crippen molar-refractivity contribution < 1.29 is 9.53 Å². The number of carbonyl (C=O) groups is 1. The van der Waals surface area contributed by atoms with Crippen LogP contribution in [0.15, 0.2) is 0 Å². The minimum atomic E-state index is -0.149. The van der Waals surface area contributed by atoms with Crippen LogP contribution in [0.4, 0.5) is 5.13 Å². The summed E-state index contributed by atoms with van der Waals surface area (Å²) >= 11 is 1.75. The number of thiazole rings is 1. The van der Waals surface area contributed by atoms with Gasteiger partial charge >= 0.3 is 5.97 Å². The van der Waals surface area contributed by atoms with Gasteiger partial charge in [-0.3, -0.25) is 4.79 Å². The van der Waals surface area contributed by atoms with Crippen LogP contribution in [0.25, 0.3) is 0 Å². The molecule has 1 atom stereocenters. The highest BCUT2D eigenvalue weighted by Gasteiger charge is 2.31. The Labute approximate surface area is 125 Å². The molecular weight excluding hydrogens is 272 g/mol. The molecule has 0 amide bonds. The molecule has 1 heterocycles. The molecule has 1 aliphatic rings. The molecule has 1 aliphatic carbocycles. The number of hydrogen-bond donors (Lipinski definition) is 0. The summed E-state index contributed by atoms with van der Waals surface area (Å²) in [6.07, 6.45) is 4.08. The third-order valence-corrected chi connectivity index (χ3v) is 4.85. The Balaban J connectivity index is 2.23. The molecule has 1 aromatic rings. The third kappa shape index (κ3) is 3.14. The monoisotopic (exact) mass is 296 g/mol. The van der Waals surface area contributed by atoms with Gasteiger partial charge < -0.3 is 9.64 Å². The van der Waals surface area contributed by atoms with Crippen molar-refractivity contribution in [1.29, 1.82) is 0 Å². The van der Waals surface area contributed by atoms with Gasteiger partial charge in [-0.25, -0.2) is 4.98 Å². The molecule has 0 fully saturated rings. The van der Waals surface area contributed by atoms with Crippen molar-refractivity contribution in [2.45, 2.75) is 52.4 Å². The lowest BCUT2D eigenvalue weighted by Gasteiger charge is -2.19. The highest BCUT2D eigenvalue weighted by Crippen LogP contribution is 2.38. The highest BCUT2D eigenvalue weighted by atomic mass is 32.1. The van der Waals surface area contributed by atoms with E-state index in [9.17, 15) is 4.79 Å². The predicted molar refractivity (Wildman–Crippen MR) is 82.6 cm³/mol. The Morgan fingerprint density at radius 1 is 1.45 bits per heavy atom. The molecule has 112 valence electrons. The number of hydrogen-bond acceptors (Lipinski definition) is 5. The Bertz CT molecular complexity index is 459. The van der Waals surface area contributed by atoms with Crippen molar-refractivity contribution in [2.75, 3.05) is 24.6 Å². The van der Waals surface area contributed by atoms with Gasteiger partial charge in [0.2, 0.25) is 0 Å². The summed E-state index contributed by atoms with van der Waals surface area (Å²) in [7, 11) is 0. The van der Waals surface area contributed by atoms with Crippen LogP contribution in [0, 0.1) is 0 Å². The van der Waals surface area contributed by atoms with Crippen LogP contribution in [0.1, 0.15) is 56.5 Å². The fourth-order valence-corrected chi connectivity index (χ4v) is 3.92. The molecular formula is C15H24N2O2S. The van der Waals surface area contributed by atoms with Gasteiger partial charge in [0.25, 0.3) is 0 Å². The first-order valence-electron chi connectivity index (χ1n) is 7.62. The standard InChI is InChI=1S/C15H24N2O2S/c1-4-10-17(5-2)15-16-13-11(14(18)19-6-3)8-7-9-12(13)20-15/h11H,4-10H2,1-3H3. The lowest BCUT2D eigenvalue weighted by atomic mass is 9.91. The number of aryl methyl sites for hydroxylation is 1. The van der Waals surface area contributed by atoms with Gasteiger partial charge in [0, 0.05) is 18.0 Å². The lowest BCUT2D eigenvalue weighted by molar-refractivity contribution is -0.145. The molecule has 0 saturated heterocycles. The van der Waals surface area contributed by atoms with Gasteiger partial charge in [0.15, 0.2) is 5.13 Å². The maximum atomic E-state index is 12.1. The van der Waals surface area contributed by atoms with E-state index in [-0.39, 0.29) is 11.9 Å². The fraction of sp³-hybridized carbons (Fsp3) is 0.733. The summed E-state index contributed by atoms with van der Waals surface area (Å²) in [5, 5.41) is 1.07. The Hall–Kier alpha value is -1.10. The van der Waals surface area contributed by atoms with E-state index in [1.54, 1.807) is 11.3 Å². The van der Waals surface area contributed by atoms with Gasteiger partial charge in [-0.05, 0) is 39.5 Å². The second kappa shape index (κ2) is 7.07. The van der Waals surface area contributed by atoms with E-state index >= 15 is 0 Å². The van der Waals surface area contributed by atoms with Crippen LogP contribution in [-0.2, 0) is 16.0 Å². The molecule has 5 heteroatoms. The van der Waals surface area contributed by atoms with Crippen LogP contribution in [0.2, 0.25) is 0 Å². The van der Waals surface area contributed by atoms with E-state index < -0.39 is 0 Å². The van der Waals surface area contributed by atoms with Crippen molar-refractivity contribution in [3.63, 3.8) is 0 Å². The van der Waals surface area contributed by atoms with E-state index in [2.05, 4.69) is 18.7 Å².